The molecule has 20 heavy (non-hydrogen) atoms. The largest absolute Gasteiger partial charge is 0.496 e. The Kier molecular flexibility index (Phi) is 6.24. The minimum atomic E-state index is -0.530. The molecule has 2 amide bonds. The predicted octanol–water partition coefficient (Wildman–Crippen LogP) is 1.97. The lowest BCUT2D eigenvalue weighted by molar-refractivity contribution is 0.183. The van der Waals surface area contributed by atoms with E-state index in [4.69, 9.17) is 9.84 Å². The maximum atomic E-state index is 13.8. The number of amides is 2. The number of hydrogen-bond acceptors (Lipinski definition) is 3. The Bertz CT molecular complexity index is 452. The molecule has 5 nitrogen and oxygen atoms in total. The van der Waals surface area contributed by atoms with Crippen LogP contribution in [-0.4, -0.2) is 30.9 Å². The van der Waals surface area contributed by atoms with Gasteiger partial charge in [0, 0.05) is 6.54 Å². The number of ether oxygens (including phenoxy) is 1. The lowest BCUT2D eigenvalue weighted by atomic mass is 10.1. The maximum Gasteiger partial charge on any atom is 0.315 e. The SMILES string of the molecule is COc1cccc(F)c1C(C)NC(=O)NCCC(C)O. The first-order valence-corrected chi connectivity index (χ1v) is 6.50. The van der Waals surface area contributed by atoms with Crippen molar-refractivity contribution in [2.75, 3.05) is 13.7 Å². The summed E-state index contributed by atoms with van der Waals surface area (Å²) in [5.74, 6) is -0.0390. The lowest BCUT2D eigenvalue weighted by Gasteiger charge is -2.18. The number of halogens is 1. The molecule has 0 aliphatic carbocycles. The van der Waals surface area contributed by atoms with Crippen LogP contribution in [0.25, 0.3) is 0 Å². The van der Waals surface area contributed by atoms with Gasteiger partial charge in [0.2, 0.25) is 0 Å². The molecular weight excluding hydrogens is 263 g/mol. The summed E-state index contributed by atoms with van der Waals surface area (Å²) in [5.41, 5.74) is 0.306. The van der Waals surface area contributed by atoms with Crippen molar-refractivity contribution < 1.29 is 19.0 Å². The molecule has 1 aromatic carbocycles. The third-order valence-corrected chi connectivity index (χ3v) is 2.86. The van der Waals surface area contributed by atoms with E-state index in [1.807, 2.05) is 0 Å². The van der Waals surface area contributed by atoms with Gasteiger partial charge in [0.15, 0.2) is 0 Å². The van der Waals surface area contributed by atoms with Gasteiger partial charge < -0.3 is 20.5 Å². The number of carbonyl (C=O) groups is 1. The summed E-state index contributed by atoms with van der Waals surface area (Å²) in [5, 5.41) is 14.3. The van der Waals surface area contributed by atoms with Crippen LogP contribution in [-0.2, 0) is 0 Å². The number of hydrogen-bond donors (Lipinski definition) is 3. The highest BCUT2D eigenvalue weighted by Crippen LogP contribution is 2.27. The van der Waals surface area contributed by atoms with Crippen molar-refractivity contribution >= 4 is 6.03 Å². The van der Waals surface area contributed by atoms with Crippen molar-refractivity contribution in [2.45, 2.75) is 32.4 Å². The van der Waals surface area contributed by atoms with Crippen LogP contribution in [0.4, 0.5) is 9.18 Å². The molecule has 0 aliphatic heterocycles. The second-order valence-electron chi connectivity index (χ2n) is 4.62. The zero-order chi connectivity index (χ0) is 15.1. The molecule has 1 rings (SSSR count). The van der Waals surface area contributed by atoms with Crippen molar-refractivity contribution in [1.82, 2.24) is 10.6 Å². The van der Waals surface area contributed by atoms with E-state index in [0.717, 1.165) is 0 Å². The number of urea groups is 1. The van der Waals surface area contributed by atoms with Crippen LogP contribution in [0.15, 0.2) is 18.2 Å². The predicted molar refractivity (Wildman–Crippen MR) is 74.2 cm³/mol. The Balaban J connectivity index is 2.62. The minimum absolute atomic E-state index is 0.306. The van der Waals surface area contributed by atoms with Crippen LogP contribution >= 0.6 is 0 Å². The maximum absolute atomic E-state index is 13.8. The summed E-state index contributed by atoms with van der Waals surface area (Å²) < 4.78 is 18.9. The van der Waals surface area contributed by atoms with Gasteiger partial charge in [0.1, 0.15) is 11.6 Å². The van der Waals surface area contributed by atoms with Gasteiger partial charge in [-0.25, -0.2) is 9.18 Å². The zero-order valence-electron chi connectivity index (χ0n) is 11.9. The minimum Gasteiger partial charge on any atom is -0.496 e. The first kappa shape index (κ1) is 16.2. The Morgan fingerprint density at radius 2 is 2.15 bits per heavy atom. The molecule has 0 fully saturated rings. The number of nitrogens with one attached hydrogen (secondary N) is 2. The Hall–Kier alpha value is -1.82. The Morgan fingerprint density at radius 3 is 2.75 bits per heavy atom. The third kappa shape index (κ3) is 4.70. The number of rotatable bonds is 6. The highest BCUT2D eigenvalue weighted by molar-refractivity contribution is 5.74. The van der Waals surface area contributed by atoms with Crippen molar-refractivity contribution in [3.63, 3.8) is 0 Å². The fraction of sp³-hybridized carbons (Fsp3) is 0.500. The summed E-state index contributed by atoms with van der Waals surface area (Å²) in [4.78, 5) is 11.7. The highest BCUT2D eigenvalue weighted by Gasteiger charge is 2.18. The van der Waals surface area contributed by atoms with Crippen LogP contribution in [0.1, 0.15) is 31.9 Å². The third-order valence-electron chi connectivity index (χ3n) is 2.86. The van der Waals surface area contributed by atoms with E-state index < -0.39 is 24.0 Å². The molecule has 2 unspecified atom stereocenters. The number of carbonyl (C=O) groups excluding carboxylic acids is 1. The van der Waals surface area contributed by atoms with E-state index in [0.29, 0.717) is 24.3 Å². The van der Waals surface area contributed by atoms with Gasteiger partial charge >= 0.3 is 6.03 Å². The second kappa shape index (κ2) is 7.69. The summed E-state index contributed by atoms with van der Waals surface area (Å²) in [7, 11) is 1.45. The van der Waals surface area contributed by atoms with Gasteiger partial charge in [-0.05, 0) is 32.4 Å². The van der Waals surface area contributed by atoms with E-state index in [1.165, 1.54) is 13.2 Å². The summed E-state index contributed by atoms with van der Waals surface area (Å²) in [6.07, 6.45) is -0.00968. The smallest absolute Gasteiger partial charge is 0.315 e. The average molecular weight is 284 g/mol. The molecule has 0 saturated carbocycles. The summed E-state index contributed by atoms with van der Waals surface area (Å²) in [6, 6.07) is 3.57. The molecule has 0 bridgehead atoms. The quantitative estimate of drug-likeness (QED) is 0.748. The standard InChI is InChI=1S/C14H21FN2O3/c1-9(18)7-8-16-14(19)17-10(2)13-11(15)5-4-6-12(13)20-3/h4-6,9-10,18H,7-8H2,1-3H3,(H2,16,17,19). The van der Waals surface area contributed by atoms with E-state index in [9.17, 15) is 9.18 Å². The zero-order valence-corrected chi connectivity index (χ0v) is 11.9. The molecule has 0 radical (unpaired) electrons. The van der Waals surface area contributed by atoms with Crippen molar-refractivity contribution in [1.29, 1.82) is 0 Å². The first-order chi connectivity index (χ1) is 9.45. The van der Waals surface area contributed by atoms with Crippen LogP contribution in [0.2, 0.25) is 0 Å². The molecule has 0 aromatic heterocycles. The monoisotopic (exact) mass is 284 g/mol. The van der Waals surface area contributed by atoms with Crippen molar-refractivity contribution in [2.24, 2.45) is 0 Å². The topological polar surface area (TPSA) is 70.6 Å². The number of aliphatic hydroxyl groups is 1. The first-order valence-electron chi connectivity index (χ1n) is 6.50. The van der Waals surface area contributed by atoms with Crippen molar-refractivity contribution in [3.05, 3.63) is 29.6 Å². The van der Waals surface area contributed by atoms with Gasteiger partial charge in [-0.3, -0.25) is 0 Å². The number of methoxy groups -OCH3 is 1. The normalized spacial score (nSPS) is 13.4. The van der Waals surface area contributed by atoms with Gasteiger partial charge in [0.25, 0.3) is 0 Å². The lowest BCUT2D eigenvalue weighted by Crippen LogP contribution is -2.38. The fourth-order valence-electron chi connectivity index (χ4n) is 1.83. The molecule has 6 heteroatoms. The molecule has 3 N–H and O–H groups in total. The van der Waals surface area contributed by atoms with Gasteiger partial charge in [0.05, 0.1) is 24.8 Å². The molecule has 2 atom stereocenters. The molecule has 0 spiro atoms. The van der Waals surface area contributed by atoms with Crippen molar-refractivity contribution in [3.8, 4) is 5.75 Å². The molecule has 0 heterocycles. The fourth-order valence-corrected chi connectivity index (χ4v) is 1.83. The Labute approximate surface area is 118 Å². The molecule has 0 saturated heterocycles. The van der Waals surface area contributed by atoms with E-state index >= 15 is 0 Å². The van der Waals surface area contributed by atoms with Crippen LogP contribution in [0.5, 0.6) is 5.75 Å². The second-order valence-corrected chi connectivity index (χ2v) is 4.62. The van der Waals surface area contributed by atoms with Gasteiger partial charge in [-0.15, -0.1) is 0 Å². The molecule has 1 aromatic rings. The van der Waals surface area contributed by atoms with Gasteiger partial charge in [-0.2, -0.15) is 0 Å². The number of aliphatic hydroxyl groups excluding tert-OH is 1. The molecular formula is C14H21FN2O3. The summed E-state index contributed by atoms with van der Waals surface area (Å²) >= 11 is 0. The van der Waals surface area contributed by atoms with Crippen LogP contribution in [0, 0.1) is 5.82 Å². The molecule has 0 aliphatic rings. The average Bonchev–Trinajstić information content (AvgIpc) is 2.37. The summed E-state index contributed by atoms with van der Waals surface area (Å²) in [6.45, 7) is 3.67. The van der Waals surface area contributed by atoms with Crippen LogP contribution in [0.3, 0.4) is 0 Å². The van der Waals surface area contributed by atoms with E-state index in [2.05, 4.69) is 10.6 Å². The number of benzene rings is 1. The van der Waals surface area contributed by atoms with E-state index in [1.54, 1.807) is 26.0 Å². The van der Waals surface area contributed by atoms with Crippen LogP contribution < -0.4 is 15.4 Å². The van der Waals surface area contributed by atoms with E-state index in [-0.39, 0.29) is 0 Å². The molecule has 112 valence electrons. The highest BCUT2D eigenvalue weighted by atomic mass is 19.1. The Morgan fingerprint density at radius 1 is 1.45 bits per heavy atom. The van der Waals surface area contributed by atoms with Gasteiger partial charge in [-0.1, -0.05) is 6.07 Å².